The third-order valence-corrected chi connectivity index (χ3v) is 6.22. The van der Waals surface area contributed by atoms with E-state index in [4.69, 9.17) is 9.47 Å². The second-order valence-electron chi connectivity index (χ2n) is 8.13. The van der Waals surface area contributed by atoms with Gasteiger partial charge in [0.2, 0.25) is 0 Å². The van der Waals surface area contributed by atoms with Crippen LogP contribution in [0.2, 0.25) is 0 Å². The molecular formula is C24H35N3O3+2. The van der Waals surface area contributed by atoms with Crippen LogP contribution in [0.5, 0.6) is 11.5 Å². The topological polar surface area (TPSA) is 47.7 Å². The minimum Gasteiger partial charge on any atom is -0.493 e. The maximum Gasteiger partial charge on any atom is 0.278 e. The van der Waals surface area contributed by atoms with Gasteiger partial charge in [-0.15, -0.1) is 0 Å². The number of piperazine rings is 1. The second kappa shape index (κ2) is 10.5. The molecule has 0 spiro atoms. The van der Waals surface area contributed by atoms with Crippen molar-refractivity contribution in [2.45, 2.75) is 19.5 Å². The molecule has 6 heteroatoms. The number of carbonyl (C=O) groups excluding carboxylic acids is 1. The molecule has 1 fully saturated rings. The lowest BCUT2D eigenvalue weighted by molar-refractivity contribution is -1.02. The van der Waals surface area contributed by atoms with E-state index in [9.17, 15) is 4.79 Å². The number of hydrogen-bond donors (Lipinski definition) is 2. The molecular weight excluding hydrogens is 378 g/mol. The van der Waals surface area contributed by atoms with Gasteiger partial charge in [-0.05, 0) is 30.7 Å². The van der Waals surface area contributed by atoms with Crippen molar-refractivity contribution >= 4 is 5.91 Å². The standard InChI is InChI=1S/C24H33N3O3/c1-19(21-8-6-5-7-9-21)25(2)24(28)18-27-14-12-26(13-15-27)17-20-10-11-22(29-3)23(16-20)30-4/h5-11,16,19H,12-15,17-18H2,1-4H3/p+2/t19-/m1/s1. The fourth-order valence-electron chi connectivity index (χ4n) is 4.10. The number of likely N-dealkylation sites (N-methyl/N-ethyl adjacent to an activating group) is 1. The van der Waals surface area contributed by atoms with Crippen LogP contribution < -0.4 is 19.3 Å². The molecule has 2 aromatic carbocycles. The zero-order chi connectivity index (χ0) is 21.5. The van der Waals surface area contributed by atoms with Crippen molar-refractivity contribution < 1.29 is 24.1 Å². The number of methoxy groups -OCH3 is 2. The van der Waals surface area contributed by atoms with Crippen LogP contribution in [-0.2, 0) is 11.3 Å². The number of ether oxygens (including phenoxy) is 2. The number of carbonyl (C=O) groups is 1. The van der Waals surface area contributed by atoms with E-state index in [2.05, 4.69) is 31.2 Å². The SMILES string of the molecule is COc1ccc(C[NH+]2CC[NH+](CC(=O)N(C)[C@H](C)c3ccccc3)CC2)cc1OC. The number of amides is 1. The number of rotatable bonds is 8. The summed E-state index contributed by atoms with van der Waals surface area (Å²) in [5.74, 6) is 1.75. The second-order valence-corrected chi connectivity index (χ2v) is 8.13. The van der Waals surface area contributed by atoms with Gasteiger partial charge in [-0.3, -0.25) is 4.79 Å². The van der Waals surface area contributed by atoms with E-state index in [1.54, 1.807) is 19.1 Å². The molecule has 0 aliphatic carbocycles. The maximum absolute atomic E-state index is 12.8. The van der Waals surface area contributed by atoms with Gasteiger partial charge in [0.05, 0.1) is 20.3 Å². The van der Waals surface area contributed by atoms with Crippen LogP contribution in [0.25, 0.3) is 0 Å². The Bertz CT molecular complexity index is 820. The molecule has 0 aromatic heterocycles. The average Bonchev–Trinajstić information content (AvgIpc) is 2.79. The van der Waals surface area contributed by atoms with Crippen LogP contribution in [-0.4, -0.2) is 64.8 Å². The third-order valence-electron chi connectivity index (χ3n) is 6.22. The zero-order valence-electron chi connectivity index (χ0n) is 18.6. The Morgan fingerprint density at radius 1 is 0.967 bits per heavy atom. The van der Waals surface area contributed by atoms with Crippen LogP contribution in [0.1, 0.15) is 24.1 Å². The van der Waals surface area contributed by atoms with E-state index < -0.39 is 0 Å². The Hall–Kier alpha value is -2.57. The Balaban J connectivity index is 1.48. The largest absolute Gasteiger partial charge is 0.493 e. The van der Waals surface area contributed by atoms with Crippen LogP contribution >= 0.6 is 0 Å². The summed E-state index contributed by atoms with van der Waals surface area (Å²) in [4.78, 5) is 17.6. The van der Waals surface area contributed by atoms with Crippen LogP contribution in [0, 0.1) is 0 Å². The average molecular weight is 414 g/mol. The third kappa shape index (κ3) is 5.52. The van der Waals surface area contributed by atoms with E-state index in [0.29, 0.717) is 6.54 Å². The van der Waals surface area contributed by atoms with E-state index in [1.165, 1.54) is 16.0 Å². The Morgan fingerprint density at radius 3 is 2.23 bits per heavy atom. The highest BCUT2D eigenvalue weighted by Gasteiger charge is 2.27. The van der Waals surface area contributed by atoms with E-state index in [-0.39, 0.29) is 11.9 Å². The summed E-state index contributed by atoms with van der Waals surface area (Å²) < 4.78 is 10.7. The van der Waals surface area contributed by atoms with Gasteiger partial charge < -0.3 is 24.2 Å². The smallest absolute Gasteiger partial charge is 0.278 e. The number of nitrogens with zero attached hydrogens (tertiary/aromatic N) is 1. The molecule has 0 radical (unpaired) electrons. The molecule has 1 atom stereocenters. The number of nitrogens with one attached hydrogen (secondary N) is 2. The van der Waals surface area contributed by atoms with Gasteiger partial charge in [0.15, 0.2) is 18.0 Å². The molecule has 0 saturated carbocycles. The summed E-state index contributed by atoms with van der Waals surface area (Å²) >= 11 is 0. The van der Waals surface area contributed by atoms with Crippen LogP contribution in [0.4, 0.5) is 0 Å². The normalized spacial score (nSPS) is 19.7. The Labute approximate surface area is 180 Å². The summed E-state index contributed by atoms with van der Waals surface area (Å²) in [5, 5.41) is 0. The number of hydrogen-bond acceptors (Lipinski definition) is 3. The summed E-state index contributed by atoms with van der Waals surface area (Å²) in [6.07, 6.45) is 0. The molecule has 1 aliphatic heterocycles. The molecule has 162 valence electrons. The van der Waals surface area contributed by atoms with Crippen molar-refractivity contribution in [1.82, 2.24) is 4.90 Å². The van der Waals surface area contributed by atoms with E-state index >= 15 is 0 Å². The molecule has 1 amide bonds. The molecule has 2 N–H and O–H groups in total. The Kier molecular flexibility index (Phi) is 7.71. The van der Waals surface area contributed by atoms with Gasteiger partial charge in [-0.25, -0.2) is 0 Å². The first-order chi connectivity index (χ1) is 14.5. The maximum atomic E-state index is 12.8. The molecule has 30 heavy (non-hydrogen) atoms. The molecule has 2 aromatic rings. The van der Waals surface area contributed by atoms with Gasteiger partial charge in [-0.1, -0.05) is 30.3 Å². The number of quaternary nitrogens is 2. The molecule has 3 rings (SSSR count). The van der Waals surface area contributed by atoms with Gasteiger partial charge in [0.1, 0.15) is 32.7 Å². The van der Waals surface area contributed by atoms with E-state index in [1.807, 2.05) is 36.2 Å². The van der Waals surface area contributed by atoms with Crippen molar-refractivity contribution in [1.29, 1.82) is 0 Å². The van der Waals surface area contributed by atoms with Crippen molar-refractivity contribution in [3.8, 4) is 11.5 Å². The highest BCUT2D eigenvalue weighted by molar-refractivity contribution is 5.77. The minimum absolute atomic E-state index is 0.0927. The predicted octanol–water partition coefficient (Wildman–Crippen LogP) is 0.207. The van der Waals surface area contributed by atoms with Gasteiger partial charge in [-0.2, -0.15) is 0 Å². The summed E-state index contributed by atoms with van der Waals surface area (Å²) in [6.45, 7) is 7.78. The molecule has 0 bridgehead atoms. The van der Waals surface area contributed by atoms with Crippen molar-refractivity contribution in [3.05, 3.63) is 59.7 Å². The highest BCUT2D eigenvalue weighted by Crippen LogP contribution is 2.27. The fourth-order valence-corrected chi connectivity index (χ4v) is 4.10. The van der Waals surface area contributed by atoms with Crippen molar-refractivity contribution in [2.24, 2.45) is 0 Å². The minimum atomic E-state index is 0.0927. The molecule has 0 unspecified atom stereocenters. The predicted molar refractivity (Wildman–Crippen MR) is 117 cm³/mol. The molecule has 1 aliphatic rings. The van der Waals surface area contributed by atoms with Crippen molar-refractivity contribution in [2.75, 3.05) is 54.0 Å². The highest BCUT2D eigenvalue weighted by atomic mass is 16.5. The first-order valence-electron chi connectivity index (χ1n) is 10.7. The first kappa shape index (κ1) is 22.1. The van der Waals surface area contributed by atoms with Gasteiger partial charge in [0.25, 0.3) is 5.91 Å². The molecule has 1 saturated heterocycles. The summed E-state index contributed by atoms with van der Waals surface area (Å²) in [7, 11) is 5.24. The van der Waals surface area contributed by atoms with Gasteiger partial charge in [0, 0.05) is 12.6 Å². The lowest BCUT2D eigenvalue weighted by Gasteiger charge is -2.31. The lowest BCUT2D eigenvalue weighted by Crippen LogP contribution is -3.28. The molecule has 6 nitrogen and oxygen atoms in total. The monoisotopic (exact) mass is 413 g/mol. The lowest BCUT2D eigenvalue weighted by atomic mass is 10.1. The Morgan fingerprint density at radius 2 is 1.60 bits per heavy atom. The van der Waals surface area contributed by atoms with Crippen LogP contribution in [0.15, 0.2) is 48.5 Å². The number of benzene rings is 2. The summed E-state index contributed by atoms with van der Waals surface area (Å²) in [5.41, 5.74) is 2.42. The quantitative estimate of drug-likeness (QED) is 0.650. The van der Waals surface area contributed by atoms with E-state index in [0.717, 1.165) is 44.2 Å². The molecule has 1 heterocycles. The summed E-state index contributed by atoms with van der Waals surface area (Å²) in [6, 6.07) is 16.4. The fraction of sp³-hybridized carbons (Fsp3) is 0.458. The zero-order valence-corrected chi connectivity index (χ0v) is 18.6. The van der Waals surface area contributed by atoms with Crippen molar-refractivity contribution in [3.63, 3.8) is 0 Å². The van der Waals surface area contributed by atoms with Crippen LogP contribution in [0.3, 0.4) is 0 Å². The first-order valence-corrected chi connectivity index (χ1v) is 10.7. The van der Waals surface area contributed by atoms with Gasteiger partial charge >= 0.3 is 0 Å².